The normalized spacial score (nSPS) is 16.1. The number of carbonyl (C=O) groups excluding carboxylic acids is 1. The second kappa shape index (κ2) is 8.85. The van der Waals surface area contributed by atoms with Crippen LogP contribution >= 0.6 is 36.2 Å². The summed E-state index contributed by atoms with van der Waals surface area (Å²) in [5, 5.41) is 3.50. The van der Waals surface area contributed by atoms with Gasteiger partial charge in [0.25, 0.3) is 0 Å². The average Bonchev–Trinajstić information content (AvgIpc) is 2.88. The number of benzene rings is 1. The molecule has 3 rings (SSSR count). The number of nitrogens with one attached hydrogen (secondary N) is 1. The summed E-state index contributed by atoms with van der Waals surface area (Å²) in [6.07, 6.45) is 5.72. The molecule has 1 saturated carbocycles. The highest BCUT2D eigenvalue weighted by Gasteiger charge is 2.26. The summed E-state index contributed by atoms with van der Waals surface area (Å²) in [6, 6.07) is 3.41. The van der Waals surface area contributed by atoms with Crippen molar-refractivity contribution in [2.24, 2.45) is 11.7 Å². The predicted molar refractivity (Wildman–Crippen MR) is 106 cm³/mol. The number of anilines is 2. The Hall–Kier alpha value is -1.08. The van der Waals surface area contributed by atoms with Crippen molar-refractivity contribution in [3.63, 3.8) is 0 Å². The first kappa shape index (κ1) is 21.0. The van der Waals surface area contributed by atoms with Gasteiger partial charge in [0.1, 0.15) is 0 Å². The van der Waals surface area contributed by atoms with E-state index in [9.17, 15) is 4.79 Å². The predicted octanol–water partition coefficient (Wildman–Crippen LogP) is 3.88. The number of thiazole rings is 1. The fourth-order valence-electron chi connectivity index (χ4n) is 3.22. The van der Waals surface area contributed by atoms with Crippen molar-refractivity contribution in [1.29, 1.82) is 0 Å². The van der Waals surface area contributed by atoms with Gasteiger partial charge in [-0.2, -0.15) is 0 Å². The van der Waals surface area contributed by atoms with Gasteiger partial charge in [-0.15, -0.1) is 24.8 Å². The van der Waals surface area contributed by atoms with E-state index in [0.29, 0.717) is 11.0 Å². The minimum Gasteiger partial charge on any atom is -0.375 e. The van der Waals surface area contributed by atoms with E-state index in [-0.39, 0.29) is 30.7 Å². The lowest BCUT2D eigenvalue weighted by Crippen LogP contribution is -2.42. The molecular formula is C16H24Cl2N4OS. The number of nitrogen functional groups attached to an aromatic ring is 1. The number of carbonyl (C=O) groups is 1. The fourth-order valence-corrected chi connectivity index (χ4v) is 4.07. The summed E-state index contributed by atoms with van der Waals surface area (Å²) in [5.74, 6) is 0.209. The van der Waals surface area contributed by atoms with E-state index in [1.807, 2.05) is 19.1 Å². The first-order valence-corrected chi connectivity index (χ1v) is 8.59. The van der Waals surface area contributed by atoms with E-state index in [4.69, 9.17) is 11.5 Å². The maximum atomic E-state index is 12.4. The number of aromatic nitrogens is 1. The van der Waals surface area contributed by atoms with E-state index >= 15 is 0 Å². The summed E-state index contributed by atoms with van der Waals surface area (Å²) < 4.78 is 0.985. The van der Waals surface area contributed by atoms with E-state index < -0.39 is 6.04 Å². The third kappa shape index (κ3) is 4.51. The molecule has 0 bridgehead atoms. The molecule has 24 heavy (non-hydrogen) atoms. The van der Waals surface area contributed by atoms with Crippen LogP contribution in [-0.4, -0.2) is 16.9 Å². The van der Waals surface area contributed by atoms with Crippen LogP contribution in [0, 0.1) is 12.8 Å². The van der Waals surface area contributed by atoms with E-state index in [1.54, 1.807) is 0 Å². The van der Waals surface area contributed by atoms with Gasteiger partial charge in [-0.3, -0.25) is 4.79 Å². The topological polar surface area (TPSA) is 94.0 Å². The Morgan fingerprint density at radius 1 is 1.29 bits per heavy atom. The van der Waals surface area contributed by atoms with Crippen LogP contribution in [-0.2, 0) is 4.79 Å². The largest absolute Gasteiger partial charge is 0.375 e. The van der Waals surface area contributed by atoms with Gasteiger partial charge < -0.3 is 16.8 Å². The Morgan fingerprint density at radius 2 is 1.96 bits per heavy atom. The molecule has 0 unspecified atom stereocenters. The molecule has 0 spiro atoms. The van der Waals surface area contributed by atoms with Gasteiger partial charge in [0.15, 0.2) is 5.13 Å². The molecule has 0 aliphatic heterocycles. The average molecular weight is 391 g/mol. The lowest BCUT2D eigenvalue weighted by Gasteiger charge is -2.26. The number of hydrogen-bond donors (Lipinski definition) is 3. The van der Waals surface area contributed by atoms with Crippen molar-refractivity contribution in [2.75, 3.05) is 11.1 Å². The zero-order chi connectivity index (χ0) is 15.7. The van der Waals surface area contributed by atoms with Crippen molar-refractivity contribution in [3.8, 4) is 0 Å². The number of halogens is 2. The molecule has 2 aromatic rings. The van der Waals surface area contributed by atoms with Crippen LogP contribution in [0.1, 0.15) is 37.7 Å². The Balaban J connectivity index is 0.00000144. The zero-order valence-corrected chi connectivity index (χ0v) is 16.0. The zero-order valence-electron chi connectivity index (χ0n) is 13.6. The molecule has 1 aliphatic carbocycles. The molecule has 5 nitrogen and oxygen atoms in total. The third-order valence-electron chi connectivity index (χ3n) is 4.43. The molecule has 1 aromatic heterocycles. The van der Waals surface area contributed by atoms with Gasteiger partial charge in [0.05, 0.1) is 16.3 Å². The van der Waals surface area contributed by atoms with Crippen LogP contribution < -0.4 is 16.8 Å². The van der Waals surface area contributed by atoms with Crippen LogP contribution in [0.3, 0.4) is 0 Å². The molecule has 5 N–H and O–H groups in total. The Kier molecular flexibility index (Phi) is 7.73. The highest BCUT2D eigenvalue weighted by molar-refractivity contribution is 7.22. The molecule has 1 aromatic carbocycles. The molecule has 1 atom stereocenters. The van der Waals surface area contributed by atoms with E-state index in [1.165, 1.54) is 30.6 Å². The number of rotatable bonds is 3. The number of nitrogens with two attached hydrogens (primary N) is 2. The molecule has 0 radical (unpaired) electrons. The van der Waals surface area contributed by atoms with Gasteiger partial charge in [-0.25, -0.2) is 4.98 Å². The van der Waals surface area contributed by atoms with Crippen molar-refractivity contribution < 1.29 is 4.79 Å². The molecular weight excluding hydrogens is 367 g/mol. The van der Waals surface area contributed by atoms with Crippen molar-refractivity contribution in [1.82, 2.24) is 4.98 Å². The first-order chi connectivity index (χ1) is 10.5. The quantitative estimate of drug-likeness (QED) is 0.740. The molecule has 0 saturated heterocycles. The van der Waals surface area contributed by atoms with Crippen molar-refractivity contribution in [3.05, 3.63) is 17.7 Å². The number of amides is 1. The summed E-state index contributed by atoms with van der Waals surface area (Å²) in [7, 11) is 0. The third-order valence-corrected chi connectivity index (χ3v) is 5.26. The number of hydrogen-bond acceptors (Lipinski definition) is 5. The van der Waals surface area contributed by atoms with E-state index in [0.717, 1.165) is 34.3 Å². The monoisotopic (exact) mass is 390 g/mol. The van der Waals surface area contributed by atoms with Gasteiger partial charge >= 0.3 is 0 Å². The fraction of sp³-hybridized carbons (Fsp3) is 0.500. The van der Waals surface area contributed by atoms with Gasteiger partial charge in [-0.05, 0) is 43.4 Å². The minimum atomic E-state index is -0.428. The smallest absolute Gasteiger partial charge is 0.241 e. The first-order valence-electron chi connectivity index (χ1n) is 7.77. The Labute approximate surface area is 158 Å². The minimum absolute atomic E-state index is 0. The SMILES string of the molecule is Cc1cc(NC(=O)[C@@H](N)C2CCCCC2)cc2sc(N)nc12.Cl.Cl. The highest BCUT2D eigenvalue weighted by atomic mass is 35.5. The molecule has 134 valence electrons. The second-order valence-electron chi connectivity index (χ2n) is 6.11. The maximum absolute atomic E-state index is 12.4. The lowest BCUT2D eigenvalue weighted by atomic mass is 9.84. The van der Waals surface area contributed by atoms with Crippen LogP contribution in [0.25, 0.3) is 10.2 Å². The maximum Gasteiger partial charge on any atom is 0.241 e. The summed E-state index contributed by atoms with van der Waals surface area (Å²) in [4.78, 5) is 16.7. The van der Waals surface area contributed by atoms with Crippen molar-refractivity contribution in [2.45, 2.75) is 45.1 Å². The van der Waals surface area contributed by atoms with Crippen LogP contribution in [0.4, 0.5) is 10.8 Å². The summed E-state index contributed by atoms with van der Waals surface area (Å²) >= 11 is 1.43. The molecule has 1 amide bonds. The van der Waals surface area contributed by atoms with Crippen LogP contribution in [0.2, 0.25) is 0 Å². The van der Waals surface area contributed by atoms with Crippen LogP contribution in [0.5, 0.6) is 0 Å². The lowest BCUT2D eigenvalue weighted by molar-refractivity contribution is -0.118. The number of fused-ring (bicyclic) bond motifs is 1. The second-order valence-corrected chi connectivity index (χ2v) is 7.17. The molecule has 1 fully saturated rings. The highest BCUT2D eigenvalue weighted by Crippen LogP contribution is 2.30. The number of aryl methyl sites for hydroxylation is 1. The Morgan fingerprint density at radius 3 is 2.62 bits per heavy atom. The van der Waals surface area contributed by atoms with Gasteiger partial charge in [-0.1, -0.05) is 30.6 Å². The standard InChI is InChI=1S/C16H22N4OS.2ClH/c1-9-7-11(8-12-14(9)20-16(18)22-12)19-15(21)13(17)10-5-3-2-4-6-10;;/h7-8,10,13H,2-6,17H2,1H3,(H2,18,20)(H,19,21);2*1H/t13-;;/m0../s1. The molecule has 8 heteroatoms. The Bertz CT molecular complexity index is 701. The molecule has 1 heterocycles. The van der Waals surface area contributed by atoms with E-state index in [2.05, 4.69) is 10.3 Å². The van der Waals surface area contributed by atoms with Crippen LogP contribution in [0.15, 0.2) is 12.1 Å². The summed E-state index contributed by atoms with van der Waals surface area (Å²) in [5.41, 5.74) is 14.6. The molecule has 1 aliphatic rings. The van der Waals surface area contributed by atoms with Gasteiger partial charge in [0, 0.05) is 5.69 Å². The van der Waals surface area contributed by atoms with Crippen molar-refractivity contribution >= 4 is 63.1 Å². The summed E-state index contributed by atoms with van der Waals surface area (Å²) in [6.45, 7) is 1.97. The number of nitrogens with zero attached hydrogens (tertiary/aromatic N) is 1. The van der Waals surface area contributed by atoms with Gasteiger partial charge in [0.2, 0.25) is 5.91 Å².